The van der Waals surface area contributed by atoms with Crippen molar-refractivity contribution in [3.63, 3.8) is 0 Å². The predicted molar refractivity (Wildman–Crippen MR) is 166 cm³/mol. The summed E-state index contributed by atoms with van der Waals surface area (Å²) >= 11 is 0. The van der Waals surface area contributed by atoms with Gasteiger partial charge in [0.05, 0.1) is 24.3 Å². The lowest BCUT2D eigenvalue weighted by Crippen LogP contribution is -2.70. The highest BCUT2D eigenvalue weighted by Gasteiger charge is 2.53. The first kappa shape index (κ1) is 31.8. The van der Waals surface area contributed by atoms with E-state index in [1.165, 1.54) is 36.6 Å². The molecule has 10 nitrogen and oxygen atoms in total. The first-order valence-corrected chi connectivity index (χ1v) is 16.0. The highest BCUT2D eigenvalue weighted by molar-refractivity contribution is 6.03. The Hall–Kier alpha value is -3.16. The Balaban J connectivity index is 1.32. The number of phenolic OH excluding ortho intramolecular Hbond substituents is 1. The number of carbonyl (C=O) groups excluding carboxylic acids is 1. The second-order valence-electron chi connectivity index (χ2n) is 12.5. The average molecular weight is 623 g/mol. The average Bonchev–Trinajstić information content (AvgIpc) is 3.45. The molecule has 0 radical (unpaired) electrons. The van der Waals surface area contributed by atoms with Gasteiger partial charge in [-0.3, -0.25) is 4.79 Å². The number of fused-ring (bicyclic) bond motifs is 1. The van der Waals surface area contributed by atoms with E-state index in [0.717, 1.165) is 49.5 Å². The van der Waals surface area contributed by atoms with Gasteiger partial charge in [0.2, 0.25) is 0 Å². The maximum atomic E-state index is 14.3. The van der Waals surface area contributed by atoms with Gasteiger partial charge in [0.1, 0.15) is 29.9 Å². The molecule has 0 spiro atoms. The summed E-state index contributed by atoms with van der Waals surface area (Å²) < 4.78 is 20.3. The number of halogens is 1. The van der Waals surface area contributed by atoms with Crippen molar-refractivity contribution in [2.75, 3.05) is 20.2 Å². The summed E-state index contributed by atoms with van der Waals surface area (Å²) in [6.45, 7) is -0.227. The number of phenols is 1. The molecular weight excluding hydrogens is 579 g/mol. The van der Waals surface area contributed by atoms with E-state index in [9.17, 15) is 29.6 Å². The number of hydrogen-bond acceptors (Lipinski definition) is 9. The van der Waals surface area contributed by atoms with Gasteiger partial charge in [-0.25, -0.2) is 14.8 Å². The van der Waals surface area contributed by atoms with Gasteiger partial charge in [0, 0.05) is 25.0 Å². The number of nitrogens with zero attached hydrogens (tertiary/aromatic N) is 3. The molecular formula is C34H43FN4O6. The van der Waals surface area contributed by atoms with Crippen LogP contribution in [0.25, 0.3) is 10.8 Å². The van der Waals surface area contributed by atoms with Crippen molar-refractivity contribution in [1.82, 2.24) is 20.5 Å². The van der Waals surface area contributed by atoms with Crippen LogP contribution in [0.5, 0.6) is 5.75 Å². The lowest BCUT2D eigenvalue weighted by Gasteiger charge is -2.50. The summed E-state index contributed by atoms with van der Waals surface area (Å²) in [6.07, 6.45) is 2.28. The number of aliphatic hydroxyl groups is 3. The molecule has 1 aliphatic carbocycles. The van der Waals surface area contributed by atoms with Crippen molar-refractivity contribution in [2.24, 2.45) is 0 Å². The molecule has 2 aliphatic heterocycles. The summed E-state index contributed by atoms with van der Waals surface area (Å²) in [5.74, 6) is -1.11. The minimum atomic E-state index is -1.40. The zero-order valence-corrected chi connectivity index (χ0v) is 25.5. The molecule has 2 saturated heterocycles. The molecule has 2 heterocycles. The van der Waals surface area contributed by atoms with E-state index >= 15 is 0 Å². The largest absolute Gasteiger partial charge is 0.506 e. The first-order valence-electron chi connectivity index (χ1n) is 16.0. The van der Waals surface area contributed by atoms with Crippen LogP contribution in [0.2, 0.25) is 0 Å². The lowest BCUT2D eigenvalue weighted by molar-refractivity contribution is -0.265. The quantitative estimate of drug-likeness (QED) is 0.281. The molecule has 1 saturated carbocycles. The van der Waals surface area contributed by atoms with Crippen LogP contribution in [0.3, 0.4) is 0 Å². The smallest absolute Gasteiger partial charge is 0.259 e. The molecule has 5 N–H and O–H groups in total. The molecule has 6 atom stereocenters. The number of nitrogens with one attached hydrogen (secondary N) is 1. The van der Waals surface area contributed by atoms with Gasteiger partial charge in [-0.15, -0.1) is 0 Å². The van der Waals surface area contributed by atoms with Crippen molar-refractivity contribution in [2.45, 2.75) is 87.6 Å². The predicted octanol–water partition coefficient (Wildman–Crippen LogP) is 3.46. The fourth-order valence-corrected chi connectivity index (χ4v) is 7.20. The zero-order chi connectivity index (χ0) is 31.7. The summed E-state index contributed by atoms with van der Waals surface area (Å²) in [5.41, 5.74) is 4.32. The Morgan fingerprint density at radius 3 is 2.47 bits per heavy atom. The Bertz CT molecular complexity index is 1490. The molecule has 242 valence electrons. The Kier molecular flexibility index (Phi) is 9.67. The van der Waals surface area contributed by atoms with E-state index in [2.05, 4.69) is 5.43 Å². The van der Waals surface area contributed by atoms with E-state index in [1.54, 1.807) is 24.3 Å². The topological polar surface area (TPSA) is 129 Å². The molecule has 3 aliphatic rings. The number of aliphatic hydroxyl groups excluding tert-OH is 3. The molecule has 11 heteroatoms. The normalized spacial score (nSPS) is 29.0. The Labute approximate surface area is 262 Å². The van der Waals surface area contributed by atoms with E-state index in [0.29, 0.717) is 11.9 Å². The van der Waals surface area contributed by atoms with Crippen LogP contribution in [-0.2, 0) is 4.74 Å². The van der Waals surface area contributed by atoms with Gasteiger partial charge in [0.25, 0.3) is 5.91 Å². The maximum Gasteiger partial charge on any atom is 0.259 e. The summed E-state index contributed by atoms with van der Waals surface area (Å²) in [4.78, 5) is 15.0. The second-order valence-corrected chi connectivity index (χ2v) is 12.5. The Morgan fingerprint density at radius 2 is 1.73 bits per heavy atom. The molecule has 0 aromatic heterocycles. The first-order chi connectivity index (χ1) is 21.8. The number of hydrogen-bond donors (Lipinski definition) is 5. The third-order valence-corrected chi connectivity index (χ3v) is 9.65. The number of rotatable bonds is 6. The highest BCUT2D eigenvalue weighted by Crippen LogP contribution is 2.36. The standard InChI is InChI=1S/C34H43FN4O6/c1-37(33(44)26-17-16-21-10-7-8-15-25(21)30(26)41)34-32(43)29(31(42)28(20-40)45-34)38-19-27(22-11-9-12-23(35)18-22)36-39(38)24-13-5-3-2-4-6-14-24/h7-12,15-18,24,27-29,31-32,34,36,40-43H,2-6,13-14,19-20H2,1H3/t27?,28-,29+,31+,32-,34-/m1/s1. The van der Waals surface area contributed by atoms with Crippen LogP contribution in [0, 0.1) is 5.82 Å². The molecule has 3 aromatic rings. The van der Waals surface area contributed by atoms with E-state index in [-0.39, 0.29) is 29.2 Å². The van der Waals surface area contributed by atoms with Crippen molar-refractivity contribution in [3.05, 3.63) is 77.6 Å². The van der Waals surface area contributed by atoms with Crippen LogP contribution in [0.4, 0.5) is 4.39 Å². The molecule has 3 fully saturated rings. The van der Waals surface area contributed by atoms with Gasteiger partial charge < -0.3 is 30.1 Å². The Morgan fingerprint density at radius 1 is 1.00 bits per heavy atom. The number of amides is 1. The highest BCUT2D eigenvalue weighted by atomic mass is 19.1. The van der Waals surface area contributed by atoms with Gasteiger partial charge in [-0.1, -0.05) is 74.6 Å². The molecule has 1 unspecified atom stereocenters. The van der Waals surface area contributed by atoms with Crippen molar-refractivity contribution < 1.29 is 34.3 Å². The number of carbonyl (C=O) groups is 1. The monoisotopic (exact) mass is 622 g/mol. The number of ether oxygens (including phenoxy) is 1. The summed E-state index contributed by atoms with van der Waals surface area (Å²) in [7, 11) is 1.47. The molecule has 45 heavy (non-hydrogen) atoms. The lowest BCUT2D eigenvalue weighted by atomic mass is 9.93. The minimum absolute atomic E-state index is 0.0420. The third kappa shape index (κ3) is 6.31. The molecule has 3 aromatic carbocycles. The zero-order valence-electron chi connectivity index (χ0n) is 25.5. The van der Waals surface area contributed by atoms with Gasteiger partial charge >= 0.3 is 0 Å². The number of likely N-dealkylation sites (N-methyl/N-ethyl adjacent to an activating group) is 1. The fraction of sp³-hybridized carbons (Fsp3) is 0.500. The second kappa shape index (κ2) is 13.7. The summed E-state index contributed by atoms with van der Waals surface area (Å²) in [6, 6.07) is 15.6. The van der Waals surface area contributed by atoms with E-state index in [4.69, 9.17) is 4.74 Å². The van der Waals surface area contributed by atoms with Gasteiger partial charge in [0.15, 0.2) is 6.23 Å². The molecule has 6 rings (SSSR count). The number of hydrazine groups is 2. The van der Waals surface area contributed by atoms with Gasteiger partial charge in [-0.2, -0.15) is 5.12 Å². The van der Waals surface area contributed by atoms with Crippen molar-refractivity contribution in [3.8, 4) is 5.75 Å². The van der Waals surface area contributed by atoms with E-state index < -0.39 is 43.1 Å². The minimum Gasteiger partial charge on any atom is -0.506 e. The van der Waals surface area contributed by atoms with Crippen molar-refractivity contribution >= 4 is 16.7 Å². The third-order valence-electron chi connectivity index (χ3n) is 9.65. The van der Waals surface area contributed by atoms with E-state index in [1.807, 2.05) is 28.3 Å². The molecule has 0 bridgehead atoms. The number of aromatic hydroxyl groups is 1. The van der Waals surface area contributed by atoms with Crippen LogP contribution in [0.15, 0.2) is 60.7 Å². The SMILES string of the molecule is CN(C(=O)c1ccc2ccccc2c1O)[C@@H]1O[C@H](CO)[C@H](O)[C@H](N2CC(c3cccc(F)c3)NN2C2CCCCCCC2)[C@H]1O. The summed E-state index contributed by atoms with van der Waals surface area (Å²) in [5, 5.41) is 49.9. The van der Waals surface area contributed by atoms with Crippen LogP contribution in [-0.4, -0.2) is 98.2 Å². The van der Waals surface area contributed by atoms with Crippen LogP contribution in [0.1, 0.15) is 66.9 Å². The van der Waals surface area contributed by atoms with Crippen LogP contribution >= 0.6 is 0 Å². The maximum absolute atomic E-state index is 14.3. The van der Waals surface area contributed by atoms with Crippen LogP contribution < -0.4 is 5.43 Å². The fourth-order valence-electron chi connectivity index (χ4n) is 7.20. The molecule has 1 amide bonds. The number of benzene rings is 3. The van der Waals surface area contributed by atoms with Gasteiger partial charge in [-0.05, 0) is 42.0 Å². The van der Waals surface area contributed by atoms with Crippen molar-refractivity contribution in [1.29, 1.82) is 0 Å².